The Bertz CT molecular complexity index is 2150. The van der Waals surface area contributed by atoms with Gasteiger partial charge in [0.2, 0.25) is 11.8 Å². The molecule has 0 aliphatic heterocycles. The van der Waals surface area contributed by atoms with Gasteiger partial charge < -0.3 is 35.7 Å². The molecule has 0 fully saturated rings. The monoisotopic (exact) mass is 754 g/mol. The Morgan fingerprint density at radius 2 is 1.18 bits per heavy atom. The van der Waals surface area contributed by atoms with Crippen molar-refractivity contribution in [1.82, 2.24) is 25.5 Å². The van der Waals surface area contributed by atoms with Crippen molar-refractivity contribution in [3.63, 3.8) is 0 Å². The van der Waals surface area contributed by atoms with E-state index in [1.54, 1.807) is 32.6 Å². The zero-order chi connectivity index (χ0) is 39.9. The molecule has 0 saturated carbocycles. The van der Waals surface area contributed by atoms with Crippen molar-refractivity contribution in [2.24, 2.45) is 5.73 Å². The number of hydrogen-bond acceptors (Lipinski definition) is 7. The van der Waals surface area contributed by atoms with E-state index in [1.165, 1.54) is 0 Å². The van der Waals surface area contributed by atoms with E-state index in [1.807, 2.05) is 115 Å². The van der Waals surface area contributed by atoms with E-state index in [0.29, 0.717) is 31.6 Å². The fraction of sp³-hybridized carbons (Fsp3) is 0.244. The van der Waals surface area contributed by atoms with Crippen LogP contribution in [-0.4, -0.2) is 53.5 Å². The van der Waals surface area contributed by atoms with Gasteiger partial charge in [0.25, 0.3) is 5.91 Å². The molecule has 1 heterocycles. The third-order valence-electron chi connectivity index (χ3n) is 9.08. The van der Waals surface area contributed by atoms with E-state index in [-0.39, 0.29) is 23.8 Å². The van der Waals surface area contributed by atoms with Crippen molar-refractivity contribution in [3.8, 4) is 11.5 Å². The van der Waals surface area contributed by atoms with Crippen LogP contribution in [-0.2, 0) is 35.6 Å². The van der Waals surface area contributed by atoms with Crippen molar-refractivity contribution < 1.29 is 23.9 Å². The maximum Gasteiger partial charge on any atom is 0.252 e. The molecule has 290 valence electrons. The van der Waals surface area contributed by atoms with Crippen molar-refractivity contribution in [3.05, 3.63) is 162 Å². The first kappa shape index (κ1) is 40.7. The molecule has 11 heteroatoms. The number of nitrogens with zero attached hydrogens (tertiary/aromatic N) is 2. The molecular weight excluding hydrogens is 705 g/mol. The van der Waals surface area contributed by atoms with Gasteiger partial charge in [-0.25, -0.2) is 4.98 Å². The second-order valence-electron chi connectivity index (χ2n) is 13.6. The van der Waals surface area contributed by atoms with Crippen LogP contribution in [0.3, 0.4) is 0 Å². The minimum atomic E-state index is -0.715. The van der Waals surface area contributed by atoms with E-state index < -0.39 is 12.1 Å². The molecule has 6 aromatic rings. The molecule has 0 aliphatic carbocycles. The molecule has 3 amide bonds. The lowest BCUT2D eigenvalue weighted by molar-refractivity contribution is -0.122. The summed E-state index contributed by atoms with van der Waals surface area (Å²) >= 11 is 0. The van der Waals surface area contributed by atoms with Gasteiger partial charge in [-0.1, -0.05) is 84.9 Å². The summed E-state index contributed by atoms with van der Waals surface area (Å²) in [5.74, 6) is 0.818. The fourth-order valence-corrected chi connectivity index (χ4v) is 5.90. The van der Waals surface area contributed by atoms with Gasteiger partial charge in [0.1, 0.15) is 30.8 Å². The van der Waals surface area contributed by atoms with E-state index >= 15 is 0 Å². The van der Waals surface area contributed by atoms with Crippen molar-refractivity contribution in [1.29, 1.82) is 0 Å². The van der Waals surface area contributed by atoms with Gasteiger partial charge in [-0.15, -0.1) is 0 Å². The van der Waals surface area contributed by atoms with Crippen LogP contribution in [0.15, 0.2) is 134 Å². The highest BCUT2D eigenvalue weighted by Crippen LogP contribution is 2.20. The van der Waals surface area contributed by atoms with Gasteiger partial charge in [-0.05, 0) is 85.0 Å². The van der Waals surface area contributed by atoms with E-state index in [0.717, 1.165) is 44.8 Å². The number of ether oxygens (including phenoxy) is 2. The molecule has 6 rings (SSSR count). The van der Waals surface area contributed by atoms with E-state index in [2.05, 4.69) is 39.3 Å². The number of fused-ring (bicyclic) bond motifs is 1. The van der Waals surface area contributed by atoms with Gasteiger partial charge in [0, 0.05) is 32.1 Å². The average molecular weight is 755 g/mol. The maximum atomic E-state index is 13.0. The second kappa shape index (κ2) is 20.3. The first-order valence-electron chi connectivity index (χ1n) is 18.6. The number of imidazole rings is 1. The number of amides is 3. The van der Waals surface area contributed by atoms with E-state index in [4.69, 9.17) is 15.2 Å². The Morgan fingerprint density at radius 1 is 0.661 bits per heavy atom. The molecular formula is C45H50N6O5. The molecule has 1 aromatic heterocycles. The van der Waals surface area contributed by atoms with Crippen LogP contribution in [0, 0.1) is 0 Å². The zero-order valence-corrected chi connectivity index (χ0v) is 32.3. The van der Waals surface area contributed by atoms with Crippen molar-refractivity contribution >= 4 is 28.8 Å². The first-order chi connectivity index (χ1) is 27.1. The second-order valence-corrected chi connectivity index (χ2v) is 13.6. The van der Waals surface area contributed by atoms with Crippen LogP contribution < -0.4 is 31.2 Å². The first-order valence-corrected chi connectivity index (χ1v) is 18.6. The van der Waals surface area contributed by atoms with Crippen LogP contribution in [0.5, 0.6) is 11.5 Å². The molecule has 5 N–H and O–H groups in total. The quantitative estimate of drug-likeness (QED) is 0.0981. The summed E-state index contributed by atoms with van der Waals surface area (Å²) in [6.07, 6.45) is 2.64. The average Bonchev–Trinajstić information content (AvgIpc) is 3.67. The molecule has 2 atom stereocenters. The Balaban J connectivity index is 0.000000244. The molecule has 0 saturated heterocycles. The number of nitrogens with one attached hydrogen (secondary N) is 3. The maximum absolute atomic E-state index is 13.0. The van der Waals surface area contributed by atoms with Crippen LogP contribution >= 0.6 is 0 Å². The number of carbonyl (C=O) groups excluding carboxylic acids is 3. The summed E-state index contributed by atoms with van der Waals surface area (Å²) < 4.78 is 13.6. The highest BCUT2D eigenvalue weighted by atomic mass is 16.5. The third kappa shape index (κ3) is 11.8. The lowest BCUT2D eigenvalue weighted by Crippen LogP contribution is -2.47. The summed E-state index contributed by atoms with van der Waals surface area (Å²) in [7, 11) is 3.15. The van der Waals surface area contributed by atoms with Gasteiger partial charge in [0.05, 0.1) is 23.4 Å². The highest BCUT2D eigenvalue weighted by Gasteiger charge is 2.22. The number of hydrogen-bond donors (Lipinski definition) is 4. The Hall–Kier alpha value is -6.46. The van der Waals surface area contributed by atoms with E-state index in [9.17, 15) is 14.4 Å². The van der Waals surface area contributed by atoms with Gasteiger partial charge in [-0.3, -0.25) is 14.4 Å². The van der Waals surface area contributed by atoms with Gasteiger partial charge in [0.15, 0.2) is 0 Å². The summed E-state index contributed by atoms with van der Waals surface area (Å²) in [6, 6.07) is 39.6. The van der Waals surface area contributed by atoms with Crippen LogP contribution in [0.25, 0.3) is 11.0 Å². The SMILES string of the molecule is CNC(=O)C(Cc1ccc(OCc2ccccc2)cc1)NC(=O)c1ccc2c(c1)ncn2C(C)C.CNC(=O)C(N)Cc1ccc(OCc2ccccc2)cc1. The number of carbonyl (C=O) groups is 3. The predicted octanol–water partition coefficient (Wildman–Crippen LogP) is 6.16. The smallest absolute Gasteiger partial charge is 0.252 e. The van der Waals surface area contributed by atoms with Crippen LogP contribution in [0.4, 0.5) is 0 Å². The highest BCUT2D eigenvalue weighted by molar-refractivity contribution is 6.00. The van der Waals surface area contributed by atoms with Crippen LogP contribution in [0.1, 0.15) is 52.5 Å². The Labute approximate surface area is 328 Å². The summed E-state index contributed by atoms with van der Waals surface area (Å²) in [5.41, 5.74) is 12.1. The fourth-order valence-electron chi connectivity index (χ4n) is 5.90. The molecule has 0 bridgehead atoms. The Kier molecular flexibility index (Phi) is 14.7. The predicted molar refractivity (Wildman–Crippen MR) is 219 cm³/mol. The molecule has 0 spiro atoms. The summed E-state index contributed by atoms with van der Waals surface area (Å²) in [4.78, 5) is 41.3. The lowest BCUT2D eigenvalue weighted by atomic mass is 10.0. The number of nitrogens with two attached hydrogens (primary N) is 1. The number of benzene rings is 5. The number of rotatable bonds is 15. The minimum absolute atomic E-state index is 0.153. The lowest BCUT2D eigenvalue weighted by Gasteiger charge is -2.18. The van der Waals surface area contributed by atoms with Crippen molar-refractivity contribution in [2.75, 3.05) is 14.1 Å². The number of aromatic nitrogens is 2. The van der Waals surface area contributed by atoms with Gasteiger partial charge >= 0.3 is 0 Å². The number of likely N-dealkylation sites (N-methyl/N-ethyl adjacent to an activating group) is 2. The normalized spacial score (nSPS) is 11.8. The summed E-state index contributed by atoms with van der Waals surface area (Å²) in [6.45, 7) is 5.18. The topological polar surface area (TPSA) is 150 Å². The van der Waals surface area contributed by atoms with Crippen LogP contribution in [0.2, 0.25) is 0 Å². The summed E-state index contributed by atoms with van der Waals surface area (Å²) in [5, 5.41) is 8.06. The third-order valence-corrected chi connectivity index (χ3v) is 9.08. The molecule has 0 radical (unpaired) electrons. The molecule has 0 aliphatic rings. The molecule has 11 nitrogen and oxygen atoms in total. The Morgan fingerprint density at radius 3 is 1.68 bits per heavy atom. The van der Waals surface area contributed by atoms with Crippen molar-refractivity contribution in [2.45, 2.75) is 58.0 Å². The molecule has 2 unspecified atom stereocenters. The zero-order valence-electron chi connectivity index (χ0n) is 32.3. The molecule has 56 heavy (non-hydrogen) atoms. The van der Waals surface area contributed by atoms with Gasteiger partial charge in [-0.2, -0.15) is 0 Å². The standard InChI is InChI=1S/C28H30N4O3.C17H20N2O2/c1-19(2)32-18-30-24-16-22(11-14-26(24)32)27(33)31-25(28(34)29-3)15-20-9-12-23(13-10-20)35-17-21-7-5-4-6-8-21;1-19-17(20)16(18)11-13-7-9-15(10-8-13)21-12-14-5-3-2-4-6-14/h4-14,16,18-19,25H,15,17H2,1-3H3,(H,29,34)(H,31,33);2-10,16H,11-12,18H2,1H3,(H,19,20). The largest absolute Gasteiger partial charge is 0.489 e. The molecule has 5 aromatic carbocycles. The minimum Gasteiger partial charge on any atom is -0.489 e.